The van der Waals surface area contributed by atoms with Crippen LogP contribution >= 0.6 is 0 Å². The summed E-state index contributed by atoms with van der Waals surface area (Å²) < 4.78 is 15.7. The third kappa shape index (κ3) is 2.37. The molecule has 1 heterocycles. The Morgan fingerprint density at radius 3 is 2.22 bits per heavy atom. The number of ether oxygens (including phenoxy) is 3. The predicted molar refractivity (Wildman–Crippen MR) is 69.3 cm³/mol. The third-order valence-electron chi connectivity index (χ3n) is 2.65. The molecule has 94 valence electrons. The Hall–Kier alpha value is -2.23. The standard InChI is InChI=1S/C14H15NO3/c1-16-10-4-5-14(18-3)12(8-10)13-9-11(17-2)6-7-15-13/h4-9H,1-3H3. The van der Waals surface area contributed by atoms with E-state index in [0.717, 1.165) is 28.5 Å². The molecule has 2 aromatic rings. The van der Waals surface area contributed by atoms with Crippen LogP contribution in [0.4, 0.5) is 0 Å². The Kier molecular flexibility index (Phi) is 3.67. The van der Waals surface area contributed by atoms with Gasteiger partial charge in [0.05, 0.1) is 27.0 Å². The molecule has 0 atom stereocenters. The number of pyridine rings is 1. The molecule has 0 aliphatic heterocycles. The Labute approximate surface area is 106 Å². The summed E-state index contributed by atoms with van der Waals surface area (Å²) in [6, 6.07) is 9.26. The first-order valence-electron chi connectivity index (χ1n) is 5.51. The third-order valence-corrected chi connectivity index (χ3v) is 2.65. The summed E-state index contributed by atoms with van der Waals surface area (Å²) in [4.78, 5) is 4.33. The van der Waals surface area contributed by atoms with Crippen LogP contribution in [0, 0.1) is 0 Å². The molecule has 1 aromatic heterocycles. The zero-order valence-electron chi connectivity index (χ0n) is 10.6. The van der Waals surface area contributed by atoms with Crippen molar-refractivity contribution in [3.8, 4) is 28.5 Å². The van der Waals surface area contributed by atoms with Crippen LogP contribution in [-0.2, 0) is 0 Å². The molecule has 1 aromatic carbocycles. The summed E-state index contributed by atoms with van der Waals surface area (Å²) in [7, 11) is 4.89. The fraction of sp³-hybridized carbons (Fsp3) is 0.214. The van der Waals surface area contributed by atoms with Gasteiger partial charge in [-0.15, -0.1) is 0 Å². The average molecular weight is 245 g/mol. The molecular formula is C14H15NO3. The summed E-state index contributed by atoms with van der Waals surface area (Å²) >= 11 is 0. The van der Waals surface area contributed by atoms with Gasteiger partial charge in [0.15, 0.2) is 0 Å². The molecule has 0 unspecified atom stereocenters. The van der Waals surface area contributed by atoms with Crippen LogP contribution in [0.2, 0.25) is 0 Å². The van der Waals surface area contributed by atoms with Crippen molar-refractivity contribution in [1.29, 1.82) is 0 Å². The lowest BCUT2D eigenvalue weighted by Crippen LogP contribution is -1.92. The summed E-state index contributed by atoms with van der Waals surface area (Å²) in [5.41, 5.74) is 1.65. The number of hydrogen-bond donors (Lipinski definition) is 0. The summed E-state index contributed by atoms with van der Waals surface area (Å²) in [5.74, 6) is 2.26. The maximum Gasteiger partial charge on any atom is 0.128 e. The maximum absolute atomic E-state index is 5.34. The van der Waals surface area contributed by atoms with Crippen molar-refractivity contribution in [2.45, 2.75) is 0 Å². The molecule has 18 heavy (non-hydrogen) atoms. The minimum Gasteiger partial charge on any atom is -0.497 e. The monoisotopic (exact) mass is 245 g/mol. The molecular weight excluding hydrogens is 230 g/mol. The van der Waals surface area contributed by atoms with E-state index in [9.17, 15) is 0 Å². The van der Waals surface area contributed by atoms with Gasteiger partial charge in [0.1, 0.15) is 17.2 Å². The van der Waals surface area contributed by atoms with Crippen LogP contribution in [0.5, 0.6) is 17.2 Å². The van der Waals surface area contributed by atoms with Crippen molar-refractivity contribution in [3.05, 3.63) is 36.5 Å². The van der Waals surface area contributed by atoms with Crippen LogP contribution in [0.3, 0.4) is 0 Å². The van der Waals surface area contributed by atoms with Crippen LogP contribution in [-0.4, -0.2) is 26.3 Å². The molecule has 0 saturated heterocycles. The van der Waals surface area contributed by atoms with Gasteiger partial charge in [-0.05, 0) is 24.3 Å². The lowest BCUT2D eigenvalue weighted by molar-refractivity contribution is 0.404. The summed E-state index contributed by atoms with van der Waals surface area (Å²) in [6.45, 7) is 0. The molecule has 0 aliphatic carbocycles. The Balaban J connectivity index is 2.53. The first-order valence-corrected chi connectivity index (χ1v) is 5.51. The second-order valence-corrected chi connectivity index (χ2v) is 3.65. The highest BCUT2D eigenvalue weighted by Crippen LogP contribution is 2.33. The van der Waals surface area contributed by atoms with E-state index in [1.807, 2.05) is 24.3 Å². The summed E-state index contributed by atoms with van der Waals surface area (Å²) in [5, 5.41) is 0. The Bertz CT molecular complexity index is 540. The van der Waals surface area contributed by atoms with Gasteiger partial charge < -0.3 is 14.2 Å². The van der Waals surface area contributed by atoms with E-state index < -0.39 is 0 Å². The molecule has 0 radical (unpaired) electrons. The molecule has 4 nitrogen and oxygen atoms in total. The van der Waals surface area contributed by atoms with Crippen molar-refractivity contribution >= 4 is 0 Å². The Morgan fingerprint density at radius 2 is 1.56 bits per heavy atom. The predicted octanol–water partition coefficient (Wildman–Crippen LogP) is 2.77. The molecule has 0 spiro atoms. The number of rotatable bonds is 4. The van der Waals surface area contributed by atoms with E-state index in [4.69, 9.17) is 14.2 Å². The molecule has 0 bridgehead atoms. The summed E-state index contributed by atoms with van der Waals surface area (Å²) in [6.07, 6.45) is 1.70. The number of benzene rings is 1. The minimum absolute atomic E-state index is 0.747. The average Bonchev–Trinajstić information content (AvgIpc) is 2.46. The highest BCUT2D eigenvalue weighted by molar-refractivity contribution is 5.69. The van der Waals surface area contributed by atoms with E-state index >= 15 is 0 Å². The van der Waals surface area contributed by atoms with E-state index in [1.54, 1.807) is 33.6 Å². The van der Waals surface area contributed by atoms with E-state index in [0.29, 0.717) is 0 Å². The zero-order chi connectivity index (χ0) is 13.0. The quantitative estimate of drug-likeness (QED) is 0.830. The normalized spacial score (nSPS) is 9.94. The molecule has 0 saturated carbocycles. The van der Waals surface area contributed by atoms with Gasteiger partial charge in [-0.2, -0.15) is 0 Å². The largest absolute Gasteiger partial charge is 0.497 e. The lowest BCUT2D eigenvalue weighted by atomic mass is 10.1. The van der Waals surface area contributed by atoms with Gasteiger partial charge >= 0.3 is 0 Å². The van der Waals surface area contributed by atoms with Gasteiger partial charge in [0, 0.05) is 17.8 Å². The maximum atomic E-state index is 5.34. The fourth-order valence-corrected chi connectivity index (χ4v) is 1.70. The molecule has 0 fully saturated rings. The van der Waals surface area contributed by atoms with Crippen molar-refractivity contribution in [1.82, 2.24) is 4.98 Å². The van der Waals surface area contributed by atoms with Crippen molar-refractivity contribution in [3.63, 3.8) is 0 Å². The van der Waals surface area contributed by atoms with Gasteiger partial charge in [0.2, 0.25) is 0 Å². The molecule has 0 amide bonds. The number of aromatic nitrogens is 1. The highest BCUT2D eigenvalue weighted by atomic mass is 16.5. The van der Waals surface area contributed by atoms with Crippen LogP contribution in [0.1, 0.15) is 0 Å². The molecule has 0 aliphatic rings. The van der Waals surface area contributed by atoms with Crippen LogP contribution in [0.25, 0.3) is 11.3 Å². The second-order valence-electron chi connectivity index (χ2n) is 3.65. The van der Waals surface area contributed by atoms with Gasteiger partial charge in [-0.3, -0.25) is 4.98 Å². The van der Waals surface area contributed by atoms with Gasteiger partial charge in [-0.25, -0.2) is 0 Å². The first kappa shape index (κ1) is 12.2. The molecule has 2 rings (SSSR count). The zero-order valence-corrected chi connectivity index (χ0v) is 10.6. The van der Waals surface area contributed by atoms with Crippen molar-refractivity contribution < 1.29 is 14.2 Å². The van der Waals surface area contributed by atoms with Crippen molar-refractivity contribution in [2.75, 3.05) is 21.3 Å². The van der Waals surface area contributed by atoms with E-state index in [2.05, 4.69) is 4.98 Å². The van der Waals surface area contributed by atoms with Crippen molar-refractivity contribution in [2.24, 2.45) is 0 Å². The Morgan fingerprint density at radius 1 is 0.833 bits per heavy atom. The second kappa shape index (κ2) is 5.40. The lowest BCUT2D eigenvalue weighted by Gasteiger charge is -2.10. The first-order chi connectivity index (χ1) is 8.78. The SMILES string of the molecule is COc1ccnc(-c2cc(OC)ccc2OC)c1. The fourth-order valence-electron chi connectivity index (χ4n) is 1.70. The van der Waals surface area contributed by atoms with E-state index in [1.165, 1.54) is 0 Å². The number of methoxy groups -OCH3 is 3. The van der Waals surface area contributed by atoms with Gasteiger partial charge in [-0.1, -0.05) is 0 Å². The van der Waals surface area contributed by atoms with Crippen LogP contribution < -0.4 is 14.2 Å². The highest BCUT2D eigenvalue weighted by Gasteiger charge is 2.09. The molecule has 0 N–H and O–H groups in total. The van der Waals surface area contributed by atoms with E-state index in [-0.39, 0.29) is 0 Å². The molecule has 4 heteroatoms. The smallest absolute Gasteiger partial charge is 0.128 e. The number of nitrogens with zero attached hydrogens (tertiary/aromatic N) is 1. The minimum atomic E-state index is 0.747. The topological polar surface area (TPSA) is 40.6 Å². The number of hydrogen-bond acceptors (Lipinski definition) is 4. The van der Waals surface area contributed by atoms with Crippen LogP contribution in [0.15, 0.2) is 36.5 Å². The van der Waals surface area contributed by atoms with Gasteiger partial charge in [0.25, 0.3) is 0 Å².